The number of rotatable bonds is 6. The van der Waals surface area contributed by atoms with E-state index in [9.17, 15) is 88.2 Å². The topological polar surface area (TPSA) is 37.3 Å². The molecule has 1 N–H and O–H groups in total. The molecule has 0 saturated heterocycles. The Bertz CT molecular complexity index is 604. The Morgan fingerprint density at radius 1 is 0.433 bits per heavy atom. The number of hydrogen-bond acceptors (Lipinski definition) is 1. The lowest BCUT2D eigenvalue weighted by Gasteiger charge is -2.40. The second-order valence-corrected chi connectivity index (χ2v) is 4.68. The largest absolute Gasteiger partial charge is 0.559 e. The van der Waals surface area contributed by atoms with Crippen LogP contribution in [-0.2, 0) is 4.79 Å². The summed E-state index contributed by atoms with van der Waals surface area (Å²) in [4.78, 5) is 9.72. The zero-order chi connectivity index (χ0) is 25.6. The Morgan fingerprint density at radius 2 is 0.633 bits per heavy atom. The fourth-order valence-corrected chi connectivity index (χ4v) is 1.10. The fourth-order valence-electron chi connectivity index (χ4n) is 1.10. The number of carboxylic acid groups (broad SMARTS) is 1. The summed E-state index contributed by atoms with van der Waals surface area (Å²) in [5, 5.41) is 7.57. The maximum Gasteiger partial charge on any atom is 0.559 e. The van der Waals surface area contributed by atoms with Crippen molar-refractivity contribution < 1.29 is 93.3 Å². The van der Waals surface area contributed by atoms with E-state index >= 15 is 0 Å². The van der Waals surface area contributed by atoms with Gasteiger partial charge >= 0.3 is 54.1 Å². The zero-order valence-electron chi connectivity index (χ0n) is 12.5. The first-order chi connectivity index (χ1) is 12.4. The van der Waals surface area contributed by atoms with Gasteiger partial charge in [-0.2, -0.15) is 65.9 Å². The maximum absolute atomic E-state index is 12.8. The van der Waals surface area contributed by atoms with Gasteiger partial charge in [0, 0.05) is 0 Å². The molecule has 0 radical (unpaired) electrons. The van der Waals surface area contributed by atoms with Gasteiger partial charge in [0.1, 0.15) is 0 Å². The first-order valence-electron chi connectivity index (χ1n) is 5.77. The molecule has 0 aromatic heterocycles. The number of alkyl halides is 19. The Balaban J connectivity index is 0. The highest BCUT2D eigenvalue weighted by molar-refractivity contribution is 5.77. The predicted molar refractivity (Wildman–Crippen MR) is 50.5 cm³/mol. The van der Waals surface area contributed by atoms with Gasteiger partial charge in [0.2, 0.25) is 0 Å². The molecule has 0 rings (SSSR count). The SMILES string of the molecule is FC(F)(F)F.O=C(O)C(F)(F)C(F)(F)C(F)(F)C(F)(F)C(F)(F)C(F)(F)C(F)(F)F. The van der Waals surface area contributed by atoms with Crippen LogP contribution in [0.4, 0.5) is 83.4 Å². The molecule has 0 saturated carbocycles. The summed E-state index contributed by atoms with van der Waals surface area (Å²) in [6.45, 7) is 0. The highest BCUT2D eigenvalue weighted by atomic mass is 19.5. The maximum atomic E-state index is 12.8. The van der Waals surface area contributed by atoms with Crippen LogP contribution in [0.15, 0.2) is 0 Å². The molecule has 0 aliphatic carbocycles. The third-order valence-corrected chi connectivity index (χ3v) is 2.60. The summed E-state index contributed by atoms with van der Waals surface area (Å²) in [5.41, 5.74) is 0. The monoisotopic (exact) mass is 502 g/mol. The molecular weight excluding hydrogens is 501 g/mol. The first kappa shape index (κ1) is 30.3. The molecule has 0 aliphatic heterocycles. The zero-order valence-corrected chi connectivity index (χ0v) is 12.5. The molecule has 0 fully saturated rings. The number of carbonyl (C=O) groups is 1. The van der Waals surface area contributed by atoms with Gasteiger partial charge in [-0.15, -0.1) is 17.6 Å². The minimum Gasteiger partial charge on any atom is -0.477 e. The quantitative estimate of drug-likeness (QED) is 0.459. The molecule has 0 amide bonds. The molecule has 21 heteroatoms. The molecule has 0 aromatic rings. The van der Waals surface area contributed by atoms with Crippen molar-refractivity contribution in [3.8, 4) is 0 Å². The van der Waals surface area contributed by atoms with Gasteiger partial charge in [-0.05, 0) is 0 Å². The summed E-state index contributed by atoms with van der Waals surface area (Å²) in [6, 6.07) is 0. The van der Waals surface area contributed by atoms with Gasteiger partial charge in [-0.25, -0.2) is 4.79 Å². The molecule has 0 heterocycles. The fraction of sp³-hybridized carbons (Fsp3) is 0.889. The van der Waals surface area contributed by atoms with Crippen molar-refractivity contribution in [2.45, 2.75) is 48.1 Å². The van der Waals surface area contributed by atoms with Gasteiger partial charge in [-0.3, -0.25) is 0 Å². The van der Waals surface area contributed by atoms with Crippen LogP contribution < -0.4 is 0 Å². The van der Waals surface area contributed by atoms with Crippen LogP contribution in [-0.4, -0.2) is 59.2 Å². The van der Waals surface area contributed by atoms with Gasteiger partial charge in [0.25, 0.3) is 0 Å². The highest BCUT2D eigenvalue weighted by Crippen LogP contribution is 2.62. The summed E-state index contributed by atoms with van der Waals surface area (Å²) < 4.78 is 225. The van der Waals surface area contributed by atoms with Crippen molar-refractivity contribution >= 4 is 5.97 Å². The first-order valence-corrected chi connectivity index (χ1v) is 5.77. The molecular formula is C9HF19O2. The predicted octanol–water partition coefficient (Wildman–Crippen LogP) is 5.92. The smallest absolute Gasteiger partial charge is 0.477 e. The number of hydrogen-bond donors (Lipinski definition) is 1. The number of aliphatic carboxylic acids is 1. The Hall–Kier alpha value is -1.86. The molecule has 0 bridgehead atoms. The highest BCUT2D eigenvalue weighted by Gasteiger charge is 2.94. The van der Waals surface area contributed by atoms with E-state index in [1.807, 2.05) is 0 Å². The molecule has 2 nitrogen and oxygen atoms in total. The van der Waals surface area contributed by atoms with Gasteiger partial charge in [-0.1, -0.05) is 0 Å². The van der Waals surface area contributed by atoms with Crippen LogP contribution in [0.25, 0.3) is 0 Å². The van der Waals surface area contributed by atoms with E-state index in [0.29, 0.717) is 0 Å². The Kier molecular flexibility index (Phi) is 7.77. The van der Waals surface area contributed by atoms with Crippen molar-refractivity contribution in [1.82, 2.24) is 0 Å². The molecule has 0 spiro atoms. The minimum atomic E-state index is -8.47. The normalized spacial score (nSPS) is 15.4. The van der Waals surface area contributed by atoms with E-state index in [4.69, 9.17) is 5.11 Å². The van der Waals surface area contributed by atoms with Gasteiger partial charge < -0.3 is 5.11 Å². The van der Waals surface area contributed by atoms with E-state index in [1.54, 1.807) is 0 Å². The van der Waals surface area contributed by atoms with E-state index in [0.717, 1.165) is 0 Å². The van der Waals surface area contributed by atoms with Crippen molar-refractivity contribution in [3.63, 3.8) is 0 Å². The van der Waals surface area contributed by atoms with Gasteiger partial charge in [0.15, 0.2) is 0 Å². The van der Waals surface area contributed by atoms with E-state index < -0.39 is 54.1 Å². The average Bonchev–Trinajstić information content (AvgIpc) is 2.42. The number of carboxylic acids is 1. The molecule has 182 valence electrons. The van der Waals surface area contributed by atoms with Gasteiger partial charge in [0.05, 0.1) is 0 Å². The van der Waals surface area contributed by atoms with Crippen LogP contribution in [0.2, 0.25) is 0 Å². The Morgan fingerprint density at radius 3 is 0.833 bits per heavy atom. The third kappa shape index (κ3) is 4.89. The number of halogens is 19. The summed E-state index contributed by atoms with van der Waals surface area (Å²) in [6.07, 6.45) is -13.2. The van der Waals surface area contributed by atoms with Crippen LogP contribution in [0.1, 0.15) is 0 Å². The Labute approximate surface area is 149 Å². The lowest BCUT2D eigenvalue weighted by Crippen LogP contribution is -2.73. The van der Waals surface area contributed by atoms with Crippen LogP contribution in [0.5, 0.6) is 0 Å². The van der Waals surface area contributed by atoms with Crippen molar-refractivity contribution in [2.24, 2.45) is 0 Å². The average molecular weight is 502 g/mol. The summed E-state index contributed by atoms with van der Waals surface area (Å²) in [5.74, 6) is -52.8. The summed E-state index contributed by atoms with van der Waals surface area (Å²) >= 11 is 0. The lowest BCUT2D eigenvalue weighted by molar-refractivity contribution is -0.450. The molecule has 0 unspecified atom stereocenters. The van der Waals surface area contributed by atoms with Crippen molar-refractivity contribution in [3.05, 3.63) is 0 Å². The van der Waals surface area contributed by atoms with E-state index in [2.05, 4.69) is 0 Å². The van der Waals surface area contributed by atoms with Crippen LogP contribution in [0.3, 0.4) is 0 Å². The standard InChI is InChI=1S/C8HF15O2.CF4/c9-2(10,1(24)25)3(11,12)4(13,14)5(15,16)6(17,18)7(19,20)8(21,22)23;2-1(3,4)5/h(H,24,25);. The third-order valence-electron chi connectivity index (χ3n) is 2.60. The minimum absolute atomic E-state index is 4.28. The van der Waals surface area contributed by atoms with Crippen molar-refractivity contribution in [1.29, 1.82) is 0 Å². The summed E-state index contributed by atoms with van der Waals surface area (Å²) in [7, 11) is 0. The molecule has 0 aromatic carbocycles. The second-order valence-electron chi connectivity index (χ2n) is 4.68. The van der Waals surface area contributed by atoms with E-state index in [1.165, 1.54) is 0 Å². The molecule has 0 aliphatic rings. The van der Waals surface area contributed by atoms with Crippen LogP contribution >= 0.6 is 0 Å². The molecule has 30 heavy (non-hydrogen) atoms. The van der Waals surface area contributed by atoms with E-state index in [-0.39, 0.29) is 0 Å². The molecule has 0 atom stereocenters. The van der Waals surface area contributed by atoms with Crippen molar-refractivity contribution in [2.75, 3.05) is 0 Å². The lowest BCUT2D eigenvalue weighted by atomic mass is 9.91. The second kappa shape index (κ2) is 7.68. The van der Waals surface area contributed by atoms with Crippen LogP contribution in [0, 0.1) is 0 Å².